The molecular weight excluding hydrogens is 202 g/mol. The van der Waals surface area contributed by atoms with Crippen molar-refractivity contribution in [3.8, 4) is 11.5 Å². The van der Waals surface area contributed by atoms with E-state index in [-0.39, 0.29) is 0 Å². The van der Waals surface area contributed by atoms with Gasteiger partial charge in [-0.25, -0.2) is 15.0 Å². The Morgan fingerprint density at radius 1 is 1.12 bits per heavy atom. The second kappa shape index (κ2) is 3.30. The first-order valence-electron chi connectivity index (χ1n) is 4.85. The molecule has 5 heteroatoms. The van der Waals surface area contributed by atoms with Crippen molar-refractivity contribution in [2.75, 3.05) is 5.73 Å². The highest BCUT2D eigenvalue weighted by Gasteiger charge is 2.07. The second-order valence-corrected chi connectivity index (χ2v) is 3.38. The van der Waals surface area contributed by atoms with Crippen molar-refractivity contribution in [2.45, 2.75) is 0 Å². The molecular formula is C11H9N5. The highest BCUT2D eigenvalue weighted by atomic mass is 15.0. The van der Waals surface area contributed by atoms with Gasteiger partial charge in [-0.05, 0) is 18.2 Å². The maximum Gasteiger partial charge on any atom is 0.180 e. The number of imidazole rings is 1. The van der Waals surface area contributed by atoms with Gasteiger partial charge in [-0.2, -0.15) is 0 Å². The summed E-state index contributed by atoms with van der Waals surface area (Å²) in [5.74, 6) is 1.04. The molecule has 0 spiro atoms. The van der Waals surface area contributed by atoms with Gasteiger partial charge in [-0.1, -0.05) is 6.07 Å². The van der Waals surface area contributed by atoms with Crippen LogP contribution in [0.3, 0.4) is 0 Å². The molecule has 0 radical (unpaired) electrons. The molecule has 0 aliphatic rings. The summed E-state index contributed by atoms with van der Waals surface area (Å²) in [7, 11) is 0. The van der Waals surface area contributed by atoms with Crippen LogP contribution in [-0.4, -0.2) is 19.4 Å². The van der Waals surface area contributed by atoms with Crippen molar-refractivity contribution in [1.29, 1.82) is 0 Å². The lowest BCUT2D eigenvalue weighted by molar-refractivity contribution is 1.11. The van der Waals surface area contributed by atoms with Gasteiger partial charge in [0, 0.05) is 12.4 Å². The lowest BCUT2D eigenvalue weighted by Crippen LogP contribution is -1.96. The monoisotopic (exact) mass is 211 g/mol. The van der Waals surface area contributed by atoms with Crippen LogP contribution >= 0.6 is 0 Å². The van der Waals surface area contributed by atoms with Gasteiger partial charge in [0.2, 0.25) is 0 Å². The van der Waals surface area contributed by atoms with Crippen LogP contribution in [0.4, 0.5) is 5.82 Å². The second-order valence-electron chi connectivity index (χ2n) is 3.38. The lowest BCUT2D eigenvalue weighted by Gasteiger charge is -2.00. The highest BCUT2D eigenvalue weighted by Crippen LogP contribution is 2.16. The van der Waals surface area contributed by atoms with Crippen molar-refractivity contribution in [2.24, 2.45) is 0 Å². The van der Waals surface area contributed by atoms with Crippen LogP contribution in [0.5, 0.6) is 0 Å². The Kier molecular flexibility index (Phi) is 1.83. The molecule has 0 fully saturated rings. The first-order valence-corrected chi connectivity index (χ1v) is 4.85. The van der Waals surface area contributed by atoms with E-state index in [0.717, 1.165) is 11.3 Å². The van der Waals surface area contributed by atoms with Crippen molar-refractivity contribution >= 4 is 11.5 Å². The zero-order valence-electron chi connectivity index (χ0n) is 8.41. The van der Waals surface area contributed by atoms with E-state index in [4.69, 9.17) is 5.73 Å². The molecule has 0 atom stereocenters. The standard InChI is InChI=1S/C11H9N5/c12-9-4-5-13-11(15-9)8-7-14-10-3-1-2-6-16(8)10/h1-7H,(H2,12,13,15). The number of anilines is 1. The zero-order valence-corrected chi connectivity index (χ0v) is 8.41. The fourth-order valence-corrected chi connectivity index (χ4v) is 1.59. The molecule has 0 amide bonds. The maximum atomic E-state index is 5.63. The van der Waals surface area contributed by atoms with E-state index in [1.807, 2.05) is 28.8 Å². The van der Waals surface area contributed by atoms with Crippen LogP contribution in [0.2, 0.25) is 0 Å². The fraction of sp³-hybridized carbons (Fsp3) is 0. The van der Waals surface area contributed by atoms with E-state index in [2.05, 4.69) is 15.0 Å². The SMILES string of the molecule is Nc1ccnc(-c2cnc3ccccn23)n1. The Labute approximate surface area is 91.6 Å². The Bertz CT molecular complexity index is 643. The molecule has 3 heterocycles. The van der Waals surface area contributed by atoms with Gasteiger partial charge in [0.05, 0.1) is 6.20 Å². The highest BCUT2D eigenvalue weighted by molar-refractivity contribution is 5.57. The minimum atomic E-state index is 0.455. The van der Waals surface area contributed by atoms with E-state index in [1.165, 1.54) is 0 Å². The Balaban J connectivity index is 2.26. The number of pyridine rings is 1. The Morgan fingerprint density at radius 3 is 2.94 bits per heavy atom. The molecule has 78 valence electrons. The number of nitrogen functional groups attached to an aromatic ring is 1. The molecule has 3 aromatic rings. The van der Waals surface area contributed by atoms with Gasteiger partial charge < -0.3 is 5.73 Å². The van der Waals surface area contributed by atoms with Gasteiger partial charge in [-0.3, -0.25) is 4.40 Å². The molecule has 5 nitrogen and oxygen atoms in total. The Hall–Kier alpha value is -2.43. The van der Waals surface area contributed by atoms with Gasteiger partial charge >= 0.3 is 0 Å². The van der Waals surface area contributed by atoms with Crippen molar-refractivity contribution in [3.05, 3.63) is 42.9 Å². The van der Waals surface area contributed by atoms with Crippen LogP contribution in [0.1, 0.15) is 0 Å². The summed E-state index contributed by atoms with van der Waals surface area (Å²) in [6.45, 7) is 0. The summed E-state index contributed by atoms with van der Waals surface area (Å²) in [6.07, 6.45) is 5.30. The minimum Gasteiger partial charge on any atom is -0.384 e. The summed E-state index contributed by atoms with van der Waals surface area (Å²) in [5.41, 5.74) is 7.33. The number of aromatic nitrogens is 4. The topological polar surface area (TPSA) is 69.1 Å². The maximum absolute atomic E-state index is 5.63. The van der Waals surface area contributed by atoms with Crippen molar-refractivity contribution < 1.29 is 0 Å². The molecule has 16 heavy (non-hydrogen) atoms. The molecule has 0 aliphatic heterocycles. The minimum absolute atomic E-state index is 0.455. The molecule has 2 N–H and O–H groups in total. The third kappa shape index (κ3) is 1.30. The number of hydrogen-bond donors (Lipinski definition) is 1. The first kappa shape index (κ1) is 8.84. The molecule has 3 rings (SSSR count). The van der Waals surface area contributed by atoms with E-state index < -0.39 is 0 Å². The fourth-order valence-electron chi connectivity index (χ4n) is 1.59. The van der Waals surface area contributed by atoms with Crippen molar-refractivity contribution in [1.82, 2.24) is 19.4 Å². The largest absolute Gasteiger partial charge is 0.384 e. The quantitative estimate of drug-likeness (QED) is 0.660. The number of fused-ring (bicyclic) bond motifs is 1. The normalized spacial score (nSPS) is 10.8. The number of hydrogen-bond acceptors (Lipinski definition) is 4. The predicted molar refractivity (Wildman–Crippen MR) is 60.6 cm³/mol. The van der Waals surface area contributed by atoms with Crippen LogP contribution < -0.4 is 5.73 Å². The van der Waals surface area contributed by atoms with Gasteiger partial charge in [-0.15, -0.1) is 0 Å². The summed E-state index contributed by atoms with van der Waals surface area (Å²) >= 11 is 0. The third-order valence-corrected chi connectivity index (χ3v) is 2.32. The molecule has 0 aromatic carbocycles. The Morgan fingerprint density at radius 2 is 2.06 bits per heavy atom. The predicted octanol–water partition coefficient (Wildman–Crippen LogP) is 1.37. The van der Waals surface area contributed by atoms with Crippen molar-refractivity contribution in [3.63, 3.8) is 0 Å². The lowest BCUT2D eigenvalue weighted by atomic mass is 10.4. The van der Waals surface area contributed by atoms with Gasteiger partial charge in [0.15, 0.2) is 5.82 Å². The molecule has 3 aromatic heterocycles. The van der Waals surface area contributed by atoms with E-state index in [1.54, 1.807) is 18.5 Å². The van der Waals surface area contributed by atoms with Crippen LogP contribution in [0.15, 0.2) is 42.9 Å². The van der Waals surface area contributed by atoms with E-state index in [0.29, 0.717) is 11.6 Å². The molecule has 0 bridgehead atoms. The summed E-state index contributed by atoms with van der Waals surface area (Å²) in [4.78, 5) is 12.6. The van der Waals surface area contributed by atoms with Gasteiger partial charge in [0.1, 0.15) is 17.2 Å². The summed E-state index contributed by atoms with van der Waals surface area (Å²) in [6, 6.07) is 7.46. The summed E-state index contributed by atoms with van der Waals surface area (Å²) < 4.78 is 1.93. The van der Waals surface area contributed by atoms with Crippen LogP contribution in [-0.2, 0) is 0 Å². The molecule has 0 saturated carbocycles. The summed E-state index contributed by atoms with van der Waals surface area (Å²) in [5, 5.41) is 0. The molecule has 0 aliphatic carbocycles. The first-order chi connectivity index (χ1) is 7.84. The molecule has 0 saturated heterocycles. The number of nitrogens with zero attached hydrogens (tertiary/aromatic N) is 4. The van der Waals surface area contributed by atoms with Crippen LogP contribution in [0, 0.1) is 0 Å². The van der Waals surface area contributed by atoms with E-state index in [9.17, 15) is 0 Å². The average Bonchev–Trinajstić information content (AvgIpc) is 2.72. The number of rotatable bonds is 1. The van der Waals surface area contributed by atoms with E-state index >= 15 is 0 Å². The third-order valence-electron chi connectivity index (χ3n) is 2.32. The van der Waals surface area contributed by atoms with Crippen LogP contribution in [0.25, 0.3) is 17.2 Å². The zero-order chi connectivity index (χ0) is 11.0. The number of nitrogens with two attached hydrogens (primary N) is 1. The van der Waals surface area contributed by atoms with Gasteiger partial charge in [0.25, 0.3) is 0 Å². The average molecular weight is 211 g/mol. The molecule has 0 unspecified atom stereocenters. The smallest absolute Gasteiger partial charge is 0.180 e.